The summed E-state index contributed by atoms with van der Waals surface area (Å²) >= 11 is 4.95. The second-order valence-electron chi connectivity index (χ2n) is 3.56. The highest BCUT2D eigenvalue weighted by molar-refractivity contribution is 6.22. The number of aromatic nitrogens is 2. The van der Waals surface area contributed by atoms with Gasteiger partial charge >= 0.3 is 5.38 Å². The molecule has 92 valence electrons. The molecule has 0 bridgehead atoms. The van der Waals surface area contributed by atoms with Gasteiger partial charge in [0.25, 0.3) is 0 Å². The van der Waals surface area contributed by atoms with Crippen LogP contribution in [-0.4, -0.2) is 21.2 Å². The number of nitrogens with one attached hydrogen (secondary N) is 1. The molecule has 0 aliphatic carbocycles. The average Bonchev–Trinajstić information content (AvgIpc) is 2.53. The Kier molecular flexibility index (Phi) is 4.23. The van der Waals surface area contributed by atoms with Gasteiger partial charge in [0.1, 0.15) is 6.04 Å². The summed E-state index contributed by atoms with van der Waals surface area (Å²) in [6.45, 7) is 4.31. The Bertz CT molecular complexity index is 348. The number of rotatable bonds is 5. The number of nitrogens with two attached hydrogens (primary N) is 1. The first-order chi connectivity index (χ1) is 7.38. The van der Waals surface area contributed by atoms with Crippen LogP contribution >= 0.6 is 11.6 Å². The molecule has 0 radical (unpaired) electrons. The Hall–Kier alpha value is -0.720. The highest BCUT2D eigenvalue weighted by Gasteiger charge is 2.37. The Morgan fingerprint density at radius 2 is 2.31 bits per heavy atom. The van der Waals surface area contributed by atoms with Crippen LogP contribution in [0.25, 0.3) is 0 Å². The van der Waals surface area contributed by atoms with Crippen LogP contribution in [0.4, 0.5) is 8.78 Å². The maximum Gasteiger partial charge on any atom is 0.338 e. The molecule has 0 aliphatic rings. The number of halogens is 3. The number of nitrogens with zero attached hydrogens (tertiary/aromatic N) is 2. The summed E-state index contributed by atoms with van der Waals surface area (Å²) in [5.74, 6) is 5.06. The molecule has 1 heterocycles. The largest absolute Gasteiger partial charge is 0.338 e. The van der Waals surface area contributed by atoms with Gasteiger partial charge in [0.05, 0.1) is 5.69 Å². The second kappa shape index (κ2) is 5.07. The SMILES string of the molecule is CCn1nc(C)cc1CC(NN)C(F)(F)Cl. The molecule has 0 aliphatic heterocycles. The highest BCUT2D eigenvalue weighted by Crippen LogP contribution is 2.25. The van der Waals surface area contributed by atoms with Crippen molar-refractivity contribution in [2.45, 2.75) is 38.2 Å². The van der Waals surface area contributed by atoms with E-state index in [1.54, 1.807) is 17.7 Å². The summed E-state index contributed by atoms with van der Waals surface area (Å²) < 4.78 is 27.5. The molecule has 16 heavy (non-hydrogen) atoms. The molecule has 0 amide bonds. The average molecular weight is 253 g/mol. The van der Waals surface area contributed by atoms with Crippen LogP contribution < -0.4 is 11.3 Å². The minimum absolute atomic E-state index is 0.0294. The standard InChI is InChI=1S/C9H15ClF2N4/c1-3-16-7(4-6(2)15-16)5-8(14-13)9(10,11)12/h4,8,14H,3,5,13H2,1-2H3. The maximum atomic E-state index is 12.9. The lowest BCUT2D eigenvalue weighted by Gasteiger charge is -2.20. The molecule has 0 saturated carbocycles. The van der Waals surface area contributed by atoms with Crippen molar-refractivity contribution < 1.29 is 8.78 Å². The van der Waals surface area contributed by atoms with Crippen molar-refractivity contribution >= 4 is 11.6 Å². The number of hydrogen-bond donors (Lipinski definition) is 2. The van der Waals surface area contributed by atoms with Crippen LogP contribution in [0.3, 0.4) is 0 Å². The van der Waals surface area contributed by atoms with E-state index in [2.05, 4.69) is 5.10 Å². The van der Waals surface area contributed by atoms with Crippen molar-refractivity contribution in [1.82, 2.24) is 15.2 Å². The van der Waals surface area contributed by atoms with Crippen molar-refractivity contribution in [3.63, 3.8) is 0 Å². The first-order valence-electron chi connectivity index (χ1n) is 4.94. The van der Waals surface area contributed by atoms with Gasteiger partial charge in [-0.1, -0.05) is 0 Å². The molecule has 1 unspecified atom stereocenters. The van der Waals surface area contributed by atoms with Gasteiger partial charge in [0.15, 0.2) is 0 Å². The molecule has 1 aromatic rings. The first kappa shape index (κ1) is 13.3. The van der Waals surface area contributed by atoms with Crippen LogP contribution in [0.2, 0.25) is 0 Å². The summed E-state index contributed by atoms with van der Waals surface area (Å²) in [6.07, 6.45) is 0.0294. The van der Waals surface area contributed by atoms with Crippen LogP contribution in [0.15, 0.2) is 6.07 Å². The van der Waals surface area contributed by atoms with Crippen LogP contribution in [-0.2, 0) is 13.0 Å². The number of hydrogen-bond acceptors (Lipinski definition) is 3. The molecule has 0 aromatic carbocycles. The summed E-state index contributed by atoms with van der Waals surface area (Å²) in [5.41, 5.74) is 3.49. The van der Waals surface area contributed by atoms with Crippen LogP contribution in [0.5, 0.6) is 0 Å². The molecule has 1 aromatic heterocycles. The fourth-order valence-corrected chi connectivity index (χ4v) is 1.66. The predicted molar refractivity (Wildman–Crippen MR) is 58.3 cm³/mol. The van der Waals surface area contributed by atoms with Crippen molar-refractivity contribution in [3.05, 3.63) is 17.5 Å². The molecule has 4 nitrogen and oxygen atoms in total. The molecule has 3 N–H and O–H groups in total. The number of alkyl halides is 3. The van der Waals surface area contributed by atoms with Crippen molar-refractivity contribution in [2.24, 2.45) is 5.84 Å². The monoisotopic (exact) mass is 252 g/mol. The van der Waals surface area contributed by atoms with Gasteiger partial charge in [-0.2, -0.15) is 13.9 Å². The van der Waals surface area contributed by atoms with E-state index in [0.29, 0.717) is 12.2 Å². The third-order valence-electron chi connectivity index (χ3n) is 2.29. The van der Waals surface area contributed by atoms with Crippen molar-refractivity contribution in [3.8, 4) is 0 Å². The van der Waals surface area contributed by atoms with Gasteiger partial charge in [0, 0.05) is 18.7 Å². The minimum atomic E-state index is -3.38. The van der Waals surface area contributed by atoms with E-state index in [1.807, 2.05) is 12.3 Å². The zero-order chi connectivity index (χ0) is 12.3. The zero-order valence-electron chi connectivity index (χ0n) is 9.17. The van der Waals surface area contributed by atoms with Gasteiger partial charge in [-0.05, 0) is 31.5 Å². The molecule has 7 heteroatoms. The normalized spacial score (nSPS) is 14.1. The second-order valence-corrected chi connectivity index (χ2v) is 4.06. The maximum absolute atomic E-state index is 12.9. The lowest BCUT2D eigenvalue weighted by atomic mass is 10.1. The van der Waals surface area contributed by atoms with Gasteiger partial charge < -0.3 is 0 Å². The molecule has 0 saturated heterocycles. The van der Waals surface area contributed by atoms with Gasteiger partial charge in [-0.25, -0.2) is 5.43 Å². The summed E-state index contributed by atoms with van der Waals surface area (Å²) in [7, 11) is 0. The van der Waals surface area contributed by atoms with E-state index < -0.39 is 11.4 Å². The fraction of sp³-hybridized carbons (Fsp3) is 0.667. The Morgan fingerprint density at radius 1 is 1.69 bits per heavy atom. The lowest BCUT2D eigenvalue weighted by molar-refractivity contribution is 0.0495. The lowest BCUT2D eigenvalue weighted by Crippen LogP contribution is -2.47. The van der Waals surface area contributed by atoms with Crippen molar-refractivity contribution in [2.75, 3.05) is 0 Å². The smallest absolute Gasteiger partial charge is 0.271 e. The quantitative estimate of drug-likeness (QED) is 0.473. The Balaban J connectivity index is 2.85. The van der Waals surface area contributed by atoms with E-state index in [1.165, 1.54) is 0 Å². The van der Waals surface area contributed by atoms with E-state index in [4.69, 9.17) is 17.4 Å². The molecule has 0 spiro atoms. The van der Waals surface area contributed by atoms with E-state index in [9.17, 15) is 8.78 Å². The van der Waals surface area contributed by atoms with Crippen molar-refractivity contribution in [1.29, 1.82) is 0 Å². The molecular formula is C9H15ClF2N4. The van der Waals surface area contributed by atoms with Gasteiger partial charge in [0.2, 0.25) is 0 Å². The van der Waals surface area contributed by atoms with Crippen LogP contribution in [0, 0.1) is 6.92 Å². The van der Waals surface area contributed by atoms with Gasteiger partial charge in [-0.3, -0.25) is 10.5 Å². The predicted octanol–water partition coefficient (Wildman–Crippen LogP) is 1.42. The summed E-state index contributed by atoms with van der Waals surface area (Å²) in [6, 6.07) is 0.437. The highest BCUT2D eigenvalue weighted by atomic mass is 35.5. The fourth-order valence-electron chi connectivity index (χ4n) is 1.52. The minimum Gasteiger partial charge on any atom is -0.271 e. The first-order valence-corrected chi connectivity index (χ1v) is 5.32. The molecular weight excluding hydrogens is 238 g/mol. The summed E-state index contributed by atoms with van der Waals surface area (Å²) in [5, 5.41) is 0.775. The van der Waals surface area contributed by atoms with Crippen LogP contribution in [0.1, 0.15) is 18.3 Å². The molecule has 1 rings (SSSR count). The topological polar surface area (TPSA) is 55.9 Å². The van der Waals surface area contributed by atoms with E-state index in [0.717, 1.165) is 5.69 Å². The Labute approximate surface area is 97.7 Å². The van der Waals surface area contributed by atoms with Gasteiger partial charge in [-0.15, -0.1) is 0 Å². The third kappa shape index (κ3) is 3.13. The van der Waals surface area contributed by atoms with E-state index in [-0.39, 0.29) is 6.42 Å². The number of hydrazine groups is 1. The summed E-state index contributed by atoms with van der Waals surface area (Å²) in [4.78, 5) is 0. The third-order valence-corrected chi connectivity index (χ3v) is 2.56. The zero-order valence-corrected chi connectivity index (χ0v) is 9.93. The molecule has 0 fully saturated rings. The Morgan fingerprint density at radius 3 is 2.75 bits per heavy atom. The van der Waals surface area contributed by atoms with E-state index >= 15 is 0 Å². The number of aryl methyl sites for hydroxylation is 2. The molecule has 1 atom stereocenters.